The number of carbonyl (C=O) groups is 3. The van der Waals surface area contributed by atoms with Crippen LogP contribution in [0.25, 0.3) is 0 Å². The summed E-state index contributed by atoms with van der Waals surface area (Å²) < 4.78 is 4.76. The summed E-state index contributed by atoms with van der Waals surface area (Å²) in [6.45, 7) is 1.43. The fraction of sp³-hybridized carbons (Fsp3) is 0.316. The van der Waals surface area contributed by atoms with E-state index in [0.29, 0.717) is 16.6 Å². The van der Waals surface area contributed by atoms with Crippen LogP contribution in [0.15, 0.2) is 29.2 Å². The third-order valence-electron chi connectivity index (χ3n) is 4.75. The number of aromatic nitrogens is 4. The van der Waals surface area contributed by atoms with E-state index in [-0.39, 0.29) is 18.2 Å². The van der Waals surface area contributed by atoms with Gasteiger partial charge in [-0.3, -0.25) is 14.4 Å². The van der Waals surface area contributed by atoms with Gasteiger partial charge in [-0.25, -0.2) is 9.97 Å². The third-order valence-corrected chi connectivity index (χ3v) is 6.13. The number of hydrogen-bond donors (Lipinski definition) is 3. The lowest BCUT2D eigenvalue weighted by Gasteiger charge is -2.20. The minimum Gasteiger partial charge on any atom is -0.345 e. The van der Waals surface area contributed by atoms with E-state index in [0.717, 1.165) is 29.9 Å². The Balaban J connectivity index is 1.38. The van der Waals surface area contributed by atoms with Gasteiger partial charge >= 0.3 is 11.8 Å². The Hall–Kier alpha value is -3.42. The molecule has 172 valence electrons. The largest absolute Gasteiger partial charge is 0.345 e. The van der Waals surface area contributed by atoms with Crippen molar-refractivity contribution in [1.29, 1.82) is 0 Å². The molecular weight excluding hydrogens is 472 g/mol. The summed E-state index contributed by atoms with van der Waals surface area (Å²) in [5.41, 5.74) is 0.885. The Morgan fingerprint density at radius 2 is 2.12 bits per heavy atom. The molecule has 4 heterocycles. The maximum Gasteiger partial charge on any atom is 0.314 e. The van der Waals surface area contributed by atoms with Crippen LogP contribution in [0.1, 0.15) is 32.2 Å². The number of hydrogen-bond acceptors (Lipinski definition) is 10. The van der Waals surface area contributed by atoms with Crippen molar-refractivity contribution in [3.05, 3.63) is 51.1 Å². The second-order valence-electron chi connectivity index (χ2n) is 7.22. The third kappa shape index (κ3) is 5.69. The maximum absolute atomic E-state index is 12.8. The molecule has 3 aromatic rings. The van der Waals surface area contributed by atoms with Crippen molar-refractivity contribution in [2.24, 2.45) is 0 Å². The van der Waals surface area contributed by atoms with Crippen molar-refractivity contribution >= 4 is 46.5 Å². The zero-order chi connectivity index (χ0) is 23.4. The number of thiazole rings is 1. The highest BCUT2D eigenvalue weighted by molar-refractivity contribution is 7.13. The Kier molecular flexibility index (Phi) is 6.91. The molecule has 0 fully saturated rings. The summed E-state index contributed by atoms with van der Waals surface area (Å²) >= 11 is 7.09. The Morgan fingerprint density at radius 1 is 1.27 bits per heavy atom. The van der Waals surface area contributed by atoms with Crippen LogP contribution in [0.3, 0.4) is 0 Å². The van der Waals surface area contributed by atoms with Crippen LogP contribution >= 0.6 is 22.9 Å². The Labute approximate surface area is 196 Å². The number of carbonyl (C=O) groups excluding carboxylic acids is 3. The molecule has 0 unspecified atom stereocenters. The van der Waals surface area contributed by atoms with Crippen LogP contribution in [0, 0.1) is 0 Å². The molecule has 33 heavy (non-hydrogen) atoms. The molecular formula is C19H19ClN8O4S. The minimum atomic E-state index is -0.931. The lowest BCUT2D eigenvalue weighted by molar-refractivity contribution is -0.136. The predicted octanol–water partition coefficient (Wildman–Crippen LogP) is 0.788. The summed E-state index contributed by atoms with van der Waals surface area (Å²) in [6.07, 6.45) is 3.28. The van der Waals surface area contributed by atoms with Crippen molar-refractivity contribution in [2.75, 3.05) is 25.5 Å². The van der Waals surface area contributed by atoms with Crippen molar-refractivity contribution in [3.63, 3.8) is 0 Å². The van der Waals surface area contributed by atoms with E-state index in [4.69, 9.17) is 16.1 Å². The number of anilines is 1. The van der Waals surface area contributed by atoms with Crippen LogP contribution in [0.2, 0.25) is 5.02 Å². The average Bonchev–Trinajstić information content (AvgIpc) is 3.47. The van der Waals surface area contributed by atoms with Gasteiger partial charge in [0.25, 0.3) is 5.91 Å². The van der Waals surface area contributed by atoms with Gasteiger partial charge in [0.05, 0.1) is 10.7 Å². The van der Waals surface area contributed by atoms with Gasteiger partial charge in [-0.1, -0.05) is 16.8 Å². The van der Waals surface area contributed by atoms with E-state index in [9.17, 15) is 14.4 Å². The average molecular weight is 491 g/mol. The number of rotatable bonds is 6. The number of fused-ring (bicyclic) bond motifs is 1. The number of pyridine rings is 1. The molecule has 1 aliphatic rings. The van der Waals surface area contributed by atoms with Crippen LogP contribution in [0.4, 0.5) is 5.82 Å². The molecule has 4 rings (SSSR count). The molecule has 0 aromatic carbocycles. The fourth-order valence-corrected chi connectivity index (χ4v) is 4.16. The predicted molar refractivity (Wildman–Crippen MR) is 118 cm³/mol. The maximum atomic E-state index is 12.8. The van der Waals surface area contributed by atoms with Gasteiger partial charge in [-0.15, -0.1) is 11.3 Å². The van der Waals surface area contributed by atoms with Gasteiger partial charge in [0.15, 0.2) is 10.8 Å². The smallest absolute Gasteiger partial charge is 0.314 e. The molecule has 0 radical (unpaired) electrons. The zero-order valence-corrected chi connectivity index (χ0v) is 18.9. The van der Waals surface area contributed by atoms with Crippen LogP contribution in [-0.4, -0.2) is 62.9 Å². The molecule has 12 nitrogen and oxygen atoms in total. The second kappa shape index (κ2) is 10.0. The summed E-state index contributed by atoms with van der Waals surface area (Å²) in [7, 11) is 2.00. The summed E-state index contributed by atoms with van der Waals surface area (Å²) in [5.74, 6) is -1.98. The minimum absolute atomic E-state index is 0.143. The molecule has 1 aliphatic heterocycles. The number of likely N-dealkylation sites (N-methyl/N-ethyl adjacent to an activating group) is 1. The molecule has 0 aliphatic carbocycles. The number of nitrogens with zero attached hydrogens (tertiary/aromatic N) is 5. The summed E-state index contributed by atoms with van der Waals surface area (Å²) in [6, 6.07) is 2.14. The van der Waals surface area contributed by atoms with E-state index in [1.165, 1.54) is 29.7 Å². The standard InChI is InChI=1S/C19H19ClN8O4S/c1-28-5-4-13-12(8-28)25-19(33-13)18(31)24-11(15-23-9-32-27-15)7-22-16(29)17(30)26-14-3-2-10(20)6-21-14/h2-3,6,9,11H,4-5,7-8H2,1H3,(H,22,29)(H,24,31)(H,21,26,30)/t11-/m0/s1. The van der Waals surface area contributed by atoms with E-state index in [1.54, 1.807) is 0 Å². The summed E-state index contributed by atoms with van der Waals surface area (Å²) in [5, 5.41) is 12.0. The fourth-order valence-electron chi connectivity index (χ4n) is 3.08. The molecule has 0 saturated heterocycles. The van der Waals surface area contributed by atoms with E-state index in [2.05, 4.69) is 41.0 Å². The number of amides is 3. The van der Waals surface area contributed by atoms with Crippen LogP contribution in [0.5, 0.6) is 0 Å². The lowest BCUT2D eigenvalue weighted by atomic mass is 10.2. The summed E-state index contributed by atoms with van der Waals surface area (Å²) in [4.78, 5) is 52.7. The normalized spacial score (nSPS) is 14.2. The van der Waals surface area contributed by atoms with Crippen molar-refractivity contribution in [3.8, 4) is 0 Å². The first-order valence-electron chi connectivity index (χ1n) is 9.84. The first-order chi connectivity index (χ1) is 15.9. The molecule has 0 spiro atoms. The van der Waals surface area contributed by atoms with Crippen molar-refractivity contribution < 1.29 is 18.9 Å². The number of nitrogens with one attached hydrogen (secondary N) is 3. The van der Waals surface area contributed by atoms with Crippen LogP contribution < -0.4 is 16.0 Å². The molecule has 14 heteroatoms. The van der Waals surface area contributed by atoms with Crippen LogP contribution in [-0.2, 0) is 22.6 Å². The Bertz CT molecular complexity index is 1150. The lowest BCUT2D eigenvalue weighted by Crippen LogP contribution is -2.42. The first-order valence-corrected chi connectivity index (χ1v) is 11.0. The topological polar surface area (TPSA) is 155 Å². The molecule has 3 aromatic heterocycles. The highest BCUT2D eigenvalue weighted by Crippen LogP contribution is 2.24. The molecule has 0 saturated carbocycles. The highest BCUT2D eigenvalue weighted by Gasteiger charge is 2.26. The zero-order valence-electron chi connectivity index (χ0n) is 17.4. The quantitative estimate of drug-likeness (QED) is 0.425. The van der Waals surface area contributed by atoms with Gasteiger partial charge in [-0.2, -0.15) is 4.98 Å². The monoisotopic (exact) mass is 490 g/mol. The van der Waals surface area contributed by atoms with Crippen molar-refractivity contribution in [1.82, 2.24) is 35.6 Å². The van der Waals surface area contributed by atoms with Gasteiger partial charge < -0.3 is 25.4 Å². The molecule has 3 N–H and O–H groups in total. The molecule has 3 amide bonds. The van der Waals surface area contributed by atoms with Gasteiger partial charge in [-0.05, 0) is 25.6 Å². The van der Waals surface area contributed by atoms with E-state index >= 15 is 0 Å². The van der Waals surface area contributed by atoms with Gasteiger partial charge in [0, 0.05) is 30.7 Å². The highest BCUT2D eigenvalue weighted by atomic mass is 35.5. The number of halogens is 1. The van der Waals surface area contributed by atoms with E-state index in [1.807, 2.05) is 7.05 Å². The Morgan fingerprint density at radius 3 is 2.85 bits per heavy atom. The second-order valence-corrected chi connectivity index (χ2v) is 8.74. The molecule has 0 bridgehead atoms. The first kappa shape index (κ1) is 22.8. The molecule has 1 atom stereocenters. The van der Waals surface area contributed by atoms with Gasteiger partial charge in [0.2, 0.25) is 6.39 Å². The van der Waals surface area contributed by atoms with Crippen molar-refractivity contribution in [2.45, 2.75) is 19.0 Å². The SMILES string of the molecule is CN1CCc2sc(C(=O)N[C@@H](CNC(=O)C(=O)Nc3ccc(Cl)cn3)c3ncon3)nc2C1. The van der Waals surface area contributed by atoms with E-state index < -0.39 is 23.8 Å². The van der Waals surface area contributed by atoms with Gasteiger partial charge in [0.1, 0.15) is 11.9 Å².